The van der Waals surface area contributed by atoms with Gasteiger partial charge in [0.15, 0.2) is 4.34 Å². The van der Waals surface area contributed by atoms with Gasteiger partial charge in [-0.25, -0.2) is 4.98 Å². The molecule has 0 radical (unpaired) electrons. The van der Waals surface area contributed by atoms with Gasteiger partial charge >= 0.3 is 0 Å². The molecule has 2 aromatic rings. The van der Waals surface area contributed by atoms with E-state index < -0.39 is 0 Å². The number of nitrogens with one attached hydrogen (secondary N) is 1. The number of piperidine rings is 3. The van der Waals surface area contributed by atoms with Crippen molar-refractivity contribution in [3.63, 3.8) is 0 Å². The maximum Gasteiger partial charge on any atom is 0.251 e. The zero-order valence-electron chi connectivity index (χ0n) is 17.3. The number of carbonyl (C=O) groups excluding carboxylic acids is 1. The first kappa shape index (κ1) is 20.3. The summed E-state index contributed by atoms with van der Waals surface area (Å²) in [6.45, 7) is 7.92. The van der Waals surface area contributed by atoms with E-state index in [0.717, 1.165) is 46.9 Å². The van der Waals surface area contributed by atoms with E-state index in [4.69, 9.17) is 9.72 Å². The van der Waals surface area contributed by atoms with Crippen molar-refractivity contribution in [1.29, 1.82) is 0 Å². The molecule has 1 aromatic heterocycles. The molecule has 4 fully saturated rings. The smallest absolute Gasteiger partial charge is 0.251 e. The molecule has 1 N–H and O–H groups in total. The number of amides is 1. The summed E-state index contributed by atoms with van der Waals surface area (Å²) in [7, 11) is 0. The molecule has 2 bridgehead atoms. The van der Waals surface area contributed by atoms with Gasteiger partial charge in [-0.2, -0.15) is 0 Å². The van der Waals surface area contributed by atoms with Crippen molar-refractivity contribution >= 4 is 34.8 Å². The molecule has 0 aliphatic carbocycles. The number of nitrogens with zero attached hydrogens (tertiary/aromatic N) is 3. The average Bonchev–Trinajstić information content (AvgIpc) is 3.26. The summed E-state index contributed by atoms with van der Waals surface area (Å²) < 4.78 is 6.44. The van der Waals surface area contributed by atoms with Gasteiger partial charge in [0.05, 0.1) is 13.2 Å². The van der Waals surface area contributed by atoms with Crippen molar-refractivity contribution < 1.29 is 9.53 Å². The van der Waals surface area contributed by atoms with Gasteiger partial charge in [0.25, 0.3) is 5.91 Å². The van der Waals surface area contributed by atoms with E-state index in [0.29, 0.717) is 12.0 Å². The monoisotopic (exact) mass is 444 g/mol. The standard InChI is InChI=1S/C22H28N4O2S2/c1-15-20(16-6-8-25(15)9-7-16)24-21(27)17-2-4-18(5-3-17)30-22-23-19(14-29-22)26-10-12-28-13-11-26/h2-5,14-16,20H,6-13H2,1H3,(H,24,27)/t15-,20-/m0/s1. The van der Waals surface area contributed by atoms with Crippen molar-refractivity contribution in [2.75, 3.05) is 44.3 Å². The maximum absolute atomic E-state index is 12.8. The summed E-state index contributed by atoms with van der Waals surface area (Å²) in [5, 5.41) is 5.43. The number of carbonyl (C=O) groups is 1. The number of aromatic nitrogens is 1. The summed E-state index contributed by atoms with van der Waals surface area (Å²) in [5.74, 6) is 1.70. The summed E-state index contributed by atoms with van der Waals surface area (Å²) in [4.78, 5) is 23.5. The van der Waals surface area contributed by atoms with E-state index >= 15 is 0 Å². The van der Waals surface area contributed by atoms with Crippen molar-refractivity contribution in [3.05, 3.63) is 35.2 Å². The van der Waals surface area contributed by atoms with Gasteiger partial charge in [0, 0.05) is 41.0 Å². The lowest BCUT2D eigenvalue weighted by atomic mass is 9.79. The fourth-order valence-electron chi connectivity index (χ4n) is 4.79. The predicted molar refractivity (Wildman–Crippen MR) is 121 cm³/mol. The van der Waals surface area contributed by atoms with Gasteiger partial charge in [-0.05, 0) is 63.0 Å². The fraction of sp³-hybridized carbons (Fsp3) is 0.545. The van der Waals surface area contributed by atoms with Crippen LogP contribution in [0.5, 0.6) is 0 Å². The molecule has 1 aromatic carbocycles. The molecule has 1 amide bonds. The molecule has 0 unspecified atom stereocenters. The SMILES string of the molecule is C[C@H]1[C@H](NC(=O)c2ccc(Sc3nc(N4CCOCC4)cs3)cc2)C2CCN1CC2. The van der Waals surface area contributed by atoms with Gasteiger partial charge < -0.3 is 15.0 Å². The molecule has 5 heterocycles. The summed E-state index contributed by atoms with van der Waals surface area (Å²) in [6, 6.07) is 8.61. The van der Waals surface area contributed by atoms with E-state index in [9.17, 15) is 4.79 Å². The molecule has 8 heteroatoms. The van der Waals surface area contributed by atoms with E-state index in [-0.39, 0.29) is 11.9 Å². The molecule has 6 rings (SSSR count). The van der Waals surface area contributed by atoms with Crippen LogP contribution in [-0.4, -0.2) is 67.3 Å². The van der Waals surface area contributed by atoms with Crippen molar-refractivity contribution in [2.45, 2.75) is 41.1 Å². The molecule has 4 aliphatic heterocycles. The highest BCUT2D eigenvalue weighted by Gasteiger charge is 2.40. The van der Waals surface area contributed by atoms with Gasteiger partial charge in [0.1, 0.15) is 5.82 Å². The molecule has 6 nitrogen and oxygen atoms in total. The number of thiazole rings is 1. The largest absolute Gasteiger partial charge is 0.378 e. The number of anilines is 1. The maximum atomic E-state index is 12.8. The van der Waals surface area contributed by atoms with Gasteiger partial charge in [-0.1, -0.05) is 11.8 Å². The number of hydrogen-bond donors (Lipinski definition) is 1. The summed E-state index contributed by atoms with van der Waals surface area (Å²) >= 11 is 3.31. The zero-order valence-corrected chi connectivity index (χ0v) is 18.9. The molecule has 160 valence electrons. The first-order chi connectivity index (χ1) is 14.7. The Bertz CT molecular complexity index is 872. The highest BCUT2D eigenvalue weighted by molar-refractivity contribution is 8.01. The fourth-order valence-corrected chi connectivity index (χ4v) is 6.58. The minimum absolute atomic E-state index is 0.0426. The lowest BCUT2D eigenvalue weighted by Crippen LogP contribution is -2.62. The second kappa shape index (κ2) is 8.86. The van der Waals surface area contributed by atoms with Crippen LogP contribution in [0.25, 0.3) is 0 Å². The lowest BCUT2D eigenvalue weighted by molar-refractivity contribution is 0.0217. The van der Waals surface area contributed by atoms with Gasteiger partial charge in [0.2, 0.25) is 0 Å². The van der Waals surface area contributed by atoms with Crippen LogP contribution in [0.1, 0.15) is 30.1 Å². The molecule has 2 atom stereocenters. The second-order valence-electron chi connectivity index (χ2n) is 8.31. The minimum atomic E-state index is 0.0426. The second-order valence-corrected chi connectivity index (χ2v) is 10.5. The Kier molecular flexibility index (Phi) is 6.00. The number of fused-ring (bicyclic) bond motifs is 3. The molecular weight excluding hydrogens is 416 g/mol. The van der Waals surface area contributed by atoms with E-state index in [1.54, 1.807) is 23.1 Å². The first-order valence-corrected chi connectivity index (χ1v) is 12.5. The van der Waals surface area contributed by atoms with E-state index in [1.807, 2.05) is 24.3 Å². The number of morpholine rings is 1. The Hall–Kier alpha value is -1.61. The van der Waals surface area contributed by atoms with Crippen LogP contribution in [0.4, 0.5) is 5.82 Å². The summed E-state index contributed by atoms with van der Waals surface area (Å²) in [6.07, 6.45) is 2.40. The minimum Gasteiger partial charge on any atom is -0.378 e. The van der Waals surface area contributed by atoms with Crippen LogP contribution in [0.2, 0.25) is 0 Å². The van der Waals surface area contributed by atoms with Crippen LogP contribution in [0.15, 0.2) is 38.9 Å². The van der Waals surface area contributed by atoms with Crippen LogP contribution >= 0.6 is 23.1 Å². The van der Waals surface area contributed by atoms with Crippen molar-refractivity contribution in [3.8, 4) is 0 Å². The predicted octanol–water partition coefficient (Wildman–Crippen LogP) is 3.34. The summed E-state index contributed by atoms with van der Waals surface area (Å²) in [5.41, 5.74) is 0.733. The zero-order chi connectivity index (χ0) is 20.5. The Morgan fingerprint density at radius 2 is 1.90 bits per heavy atom. The average molecular weight is 445 g/mol. The molecule has 4 saturated heterocycles. The molecule has 30 heavy (non-hydrogen) atoms. The quantitative estimate of drug-likeness (QED) is 0.763. The highest BCUT2D eigenvalue weighted by Crippen LogP contribution is 2.34. The van der Waals surface area contributed by atoms with Crippen LogP contribution in [0.3, 0.4) is 0 Å². The normalized spacial score (nSPS) is 28.5. The molecule has 4 aliphatic rings. The van der Waals surface area contributed by atoms with Crippen LogP contribution in [0, 0.1) is 5.92 Å². The highest BCUT2D eigenvalue weighted by atomic mass is 32.2. The third kappa shape index (κ3) is 4.23. The van der Waals surface area contributed by atoms with Gasteiger partial charge in [-0.15, -0.1) is 11.3 Å². The van der Waals surface area contributed by atoms with E-state index in [2.05, 4.69) is 27.4 Å². The number of rotatable bonds is 5. The first-order valence-electron chi connectivity index (χ1n) is 10.8. The van der Waals surface area contributed by atoms with Crippen LogP contribution in [-0.2, 0) is 4.74 Å². The number of ether oxygens (including phenoxy) is 1. The number of hydrogen-bond acceptors (Lipinski definition) is 7. The number of benzene rings is 1. The molecule has 0 spiro atoms. The lowest BCUT2D eigenvalue weighted by Gasteiger charge is -2.49. The van der Waals surface area contributed by atoms with Crippen LogP contribution < -0.4 is 10.2 Å². The topological polar surface area (TPSA) is 57.7 Å². The van der Waals surface area contributed by atoms with E-state index in [1.165, 1.54) is 25.9 Å². The Morgan fingerprint density at radius 3 is 2.60 bits per heavy atom. The van der Waals surface area contributed by atoms with Gasteiger partial charge in [-0.3, -0.25) is 9.69 Å². The third-order valence-electron chi connectivity index (χ3n) is 6.60. The Balaban J connectivity index is 1.19. The third-order valence-corrected chi connectivity index (χ3v) is 8.54. The molecular formula is C22H28N4O2S2. The van der Waals surface area contributed by atoms with Crippen molar-refractivity contribution in [1.82, 2.24) is 15.2 Å². The Labute approximate surface area is 186 Å². The molecule has 0 saturated carbocycles. The van der Waals surface area contributed by atoms with Crippen molar-refractivity contribution in [2.24, 2.45) is 5.92 Å². The Morgan fingerprint density at radius 1 is 1.17 bits per heavy atom.